The normalized spacial score (nSPS) is 19.2. The standard InChI is InChI=1S/C21H19N3O2/c25-18-5-4-16(13-18)21(26)24-17-3-1-2-15(12-17)20-19(8-11-23-20)14-6-9-22-10-7-14/h1-3,6-10,12,16H,4-5,11,13H2,(H,24,26). The van der Waals surface area contributed by atoms with Crippen LogP contribution in [0.1, 0.15) is 30.4 Å². The van der Waals surface area contributed by atoms with Gasteiger partial charge >= 0.3 is 0 Å². The van der Waals surface area contributed by atoms with E-state index >= 15 is 0 Å². The number of nitrogens with zero attached hydrogens (tertiary/aromatic N) is 2. The molecule has 1 atom stereocenters. The number of amides is 1. The van der Waals surface area contributed by atoms with Gasteiger partial charge in [-0.05, 0) is 36.2 Å². The third-order valence-electron chi connectivity index (χ3n) is 4.81. The van der Waals surface area contributed by atoms with Gasteiger partial charge in [0.05, 0.1) is 12.3 Å². The first-order valence-corrected chi connectivity index (χ1v) is 8.79. The van der Waals surface area contributed by atoms with E-state index in [1.54, 1.807) is 12.4 Å². The molecule has 1 aliphatic carbocycles. The Morgan fingerprint density at radius 2 is 1.96 bits per heavy atom. The van der Waals surface area contributed by atoms with Gasteiger partial charge in [-0.15, -0.1) is 0 Å². The van der Waals surface area contributed by atoms with Gasteiger partial charge in [0.25, 0.3) is 0 Å². The smallest absolute Gasteiger partial charge is 0.227 e. The lowest BCUT2D eigenvalue weighted by Gasteiger charge is -2.12. The Kier molecular flexibility index (Phi) is 4.44. The van der Waals surface area contributed by atoms with Crippen molar-refractivity contribution in [1.82, 2.24) is 4.98 Å². The van der Waals surface area contributed by atoms with Gasteiger partial charge in [0.15, 0.2) is 0 Å². The summed E-state index contributed by atoms with van der Waals surface area (Å²) < 4.78 is 0. The summed E-state index contributed by atoms with van der Waals surface area (Å²) in [6, 6.07) is 11.6. The van der Waals surface area contributed by atoms with Gasteiger partial charge in [0, 0.05) is 48.0 Å². The molecule has 1 aromatic carbocycles. The first-order valence-electron chi connectivity index (χ1n) is 8.79. The van der Waals surface area contributed by atoms with Crippen LogP contribution in [0.15, 0.2) is 59.9 Å². The van der Waals surface area contributed by atoms with E-state index in [0.717, 1.165) is 28.1 Å². The second kappa shape index (κ2) is 7.04. The number of hydrogen-bond donors (Lipinski definition) is 1. The quantitative estimate of drug-likeness (QED) is 0.924. The van der Waals surface area contributed by atoms with Crippen LogP contribution in [0.5, 0.6) is 0 Å². The lowest BCUT2D eigenvalue weighted by atomic mass is 9.97. The molecule has 1 N–H and O–H groups in total. The summed E-state index contributed by atoms with van der Waals surface area (Å²) >= 11 is 0. The van der Waals surface area contributed by atoms with Crippen molar-refractivity contribution in [2.75, 3.05) is 11.9 Å². The zero-order chi connectivity index (χ0) is 17.9. The summed E-state index contributed by atoms with van der Waals surface area (Å²) in [6.45, 7) is 0.647. The largest absolute Gasteiger partial charge is 0.326 e. The van der Waals surface area contributed by atoms with Crippen molar-refractivity contribution >= 4 is 28.7 Å². The third-order valence-corrected chi connectivity index (χ3v) is 4.81. The van der Waals surface area contributed by atoms with E-state index in [1.165, 1.54) is 0 Å². The average molecular weight is 345 g/mol. The first kappa shape index (κ1) is 16.4. The minimum Gasteiger partial charge on any atom is -0.326 e. The fourth-order valence-electron chi connectivity index (χ4n) is 3.47. The van der Waals surface area contributed by atoms with Gasteiger partial charge in [-0.3, -0.25) is 19.6 Å². The van der Waals surface area contributed by atoms with E-state index in [9.17, 15) is 9.59 Å². The van der Waals surface area contributed by atoms with Crippen LogP contribution < -0.4 is 5.32 Å². The number of allylic oxidation sites excluding steroid dienone is 1. The van der Waals surface area contributed by atoms with Crippen LogP contribution in [0.4, 0.5) is 5.69 Å². The van der Waals surface area contributed by atoms with E-state index in [4.69, 9.17) is 0 Å². The van der Waals surface area contributed by atoms with E-state index in [-0.39, 0.29) is 17.6 Å². The maximum absolute atomic E-state index is 12.4. The van der Waals surface area contributed by atoms with E-state index < -0.39 is 0 Å². The Labute approximate surface area is 151 Å². The van der Waals surface area contributed by atoms with Crippen LogP contribution >= 0.6 is 0 Å². The van der Waals surface area contributed by atoms with Gasteiger partial charge in [-0.1, -0.05) is 18.2 Å². The molecule has 1 amide bonds. The molecule has 0 bridgehead atoms. The highest BCUT2D eigenvalue weighted by Crippen LogP contribution is 2.27. The Hall–Kier alpha value is -3.08. The summed E-state index contributed by atoms with van der Waals surface area (Å²) in [6.07, 6.45) is 7.14. The van der Waals surface area contributed by atoms with E-state index in [0.29, 0.717) is 25.8 Å². The monoisotopic (exact) mass is 345 g/mol. The molecule has 0 saturated heterocycles. The van der Waals surface area contributed by atoms with Crippen LogP contribution in [0.2, 0.25) is 0 Å². The molecule has 1 fully saturated rings. The van der Waals surface area contributed by atoms with Crippen LogP contribution in [0, 0.1) is 5.92 Å². The van der Waals surface area contributed by atoms with E-state index in [2.05, 4.69) is 21.4 Å². The molecule has 5 nitrogen and oxygen atoms in total. The van der Waals surface area contributed by atoms with Gasteiger partial charge in [0.1, 0.15) is 5.78 Å². The molecule has 4 rings (SSSR count). The zero-order valence-corrected chi connectivity index (χ0v) is 14.3. The number of anilines is 1. The third kappa shape index (κ3) is 3.33. The highest BCUT2D eigenvalue weighted by molar-refractivity contribution is 6.33. The lowest BCUT2D eigenvalue weighted by Crippen LogP contribution is -2.21. The van der Waals surface area contributed by atoms with Crippen molar-refractivity contribution in [1.29, 1.82) is 0 Å². The SMILES string of the molecule is O=C1CCC(C(=O)Nc2cccc(C3=NCC=C3c3ccncc3)c2)C1. The number of hydrogen-bond acceptors (Lipinski definition) is 4. The van der Waals surface area contributed by atoms with Crippen molar-refractivity contribution in [3.63, 3.8) is 0 Å². The number of carbonyl (C=O) groups excluding carboxylic acids is 2. The van der Waals surface area contributed by atoms with Crippen molar-refractivity contribution < 1.29 is 9.59 Å². The number of aromatic nitrogens is 1. The first-order chi connectivity index (χ1) is 12.7. The number of pyridine rings is 1. The molecule has 2 heterocycles. The minimum absolute atomic E-state index is 0.0775. The van der Waals surface area contributed by atoms with Crippen LogP contribution in [0.3, 0.4) is 0 Å². The average Bonchev–Trinajstić information content (AvgIpc) is 3.32. The fraction of sp³-hybridized carbons (Fsp3) is 0.238. The maximum Gasteiger partial charge on any atom is 0.227 e. The van der Waals surface area contributed by atoms with Gasteiger partial charge in [0.2, 0.25) is 5.91 Å². The fourth-order valence-corrected chi connectivity index (χ4v) is 3.47. The second-order valence-electron chi connectivity index (χ2n) is 6.59. The van der Waals surface area contributed by atoms with Crippen molar-refractivity contribution in [3.8, 4) is 0 Å². The summed E-state index contributed by atoms with van der Waals surface area (Å²) in [5.74, 6) is -0.111. The Morgan fingerprint density at radius 1 is 1.12 bits per heavy atom. The van der Waals surface area contributed by atoms with Crippen LogP contribution in [-0.2, 0) is 9.59 Å². The molecule has 1 saturated carbocycles. The molecule has 1 aliphatic heterocycles. The molecular formula is C21H19N3O2. The predicted octanol–water partition coefficient (Wildman–Crippen LogP) is 3.28. The number of ketones is 1. The molecule has 0 spiro atoms. The molecule has 1 aromatic heterocycles. The Balaban J connectivity index is 1.54. The van der Waals surface area contributed by atoms with Crippen molar-refractivity contribution in [2.24, 2.45) is 10.9 Å². The van der Waals surface area contributed by atoms with Crippen LogP contribution in [-0.4, -0.2) is 28.9 Å². The number of benzene rings is 1. The number of carbonyl (C=O) groups is 2. The maximum atomic E-state index is 12.4. The number of Topliss-reactive ketones (excluding diaryl/α,β-unsaturated/α-hetero) is 1. The molecule has 130 valence electrons. The second-order valence-corrected chi connectivity index (χ2v) is 6.59. The minimum atomic E-state index is -0.206. The summed E-state index contributed by atoms with van der Waals surface area (Å²) in [7, 11) is 0. The highest BCUT2D eigenvalue weighted by Gasteiger charge is 2.28. The predicted molar refractivity (Wildman–Crippen MR) is 101 cm³/mol. The van der Waals surface area contributed by atoms with Crippen molar-refractivity contribution in [3.05, 3.63) is 66.0 Å². The molecule has 26 heavy (non-hydrogen) atoms. The molecule has 2 aliphatic rings. The molecular weight excluding hydrogens is 326 g/mol. The topological polar surface area (TPSA) is 71.4 Å². The number of aliphatic imine (C=N–C) groups is 1. The summed E-state index contributed by atoms with van der Waals surface area (Å²) in [5.41, 5.74) is 4.78. The molecule has 1 unspecified atom stereocenters. The van der Waals surface area contributed by atoms with Gasteiger partial charge in [-0.25, -0.2) is 0 Å². The Morgan fingerprint density at radius 3 is 2.73 bits per heavy atom. The van der Waals surface area contributed by atoms with Gasteiger partial charge < -0.3 is 5.32 Å². The Bertz CT molecular complexity index is 916. The molecule has 0 radical (unpaired) electrons. The van der Waals surface area contributed by atoms with Crippen molar-refractivity contribution in [2.45, 2.75) is 19.3 Å². The number of nitrogens with one attached hydrogen (secondary N) is 1. The van der Waals surface area contributed by atoms with E-state index in [1.807, 2.05) is 36.4 Å². The summed E-state index contributed by atoms with van der Waals surface area (Å²) in [5, 5.41) is 2.95. The highest BCUT2D eigenvalue weighted by atomic mass is 16.2. The zero-order valence-electron chi connectivity index (χ0n) is 14.3. The lowest BCUT2D eigenvalue weighted by molar-refractivity contribution is -0.122. The molecule has 5 heteroatoms. The van der Waals surface area contributed by atoms with Crippen LogP contribution in [0.25, 0.3) is 5.57 Å². The number of rotatable bonds is 4. The summed E-state index contributed by atoms with van der Waals surface area (Å²) in [4.78, 5) is 32.5. The van der Waals surface area contributed by atoms with Gasteiger partial charge in [-0.2, -0.15) is 0 Å². The molecule has 2 aromatic rings.